The van der Waals surface area contributed by atoms with Gasteiger partial charge in [-0.1, -0.05) is 56.3 Å². The normalized spacial score (nSPS) is 12.3. The van der Waals surface area contributed by atoms with E-state index in [4.69, 9.17) is 16.3 Å². The minimum Gasteiger partial charge on any atom is -0.465 e. The second kappa shape index (κ2) is 8.82. The second-order valence-electron chi connectivity index (χ2n) is 5.54. The Morgan fingerprint density at radius 3 is 2.48 bits per heavy atom. The minimum atomic E-state index is -0.448. The van der Waals surface area contributed by atoms with E-state index in [1.165, 1.54) is 0 Å². The maximum absolute atomic E-state index is 12.3. The Morgan fingerprint density at radius 1 is 1.13 bits per heavy atom. The van der Waals surface area contributed by atoms with Crippen molar-refractivity contribution in [1.29, 1.82) is 0 Å². The molecule has 4 nitrogen and oxygen atoms in total. The Morgan fingerprint density at radius 2 is 1.83 bits per heavy atom. The molecule has 0 aliphatic carbocycles. The van der Waals surface area contributed by atoms with Gasteiger partial charge in [0.25, 0.3) is 0 Å². The molecule has 1 atom stereocenters. The topological polar surface area (TPSA) is 52.1 Å². The molecule has 1 heterocycles. The summed E-state index contributed by atoms with van der Waals surface area (Å²) in [6, 6.07) is 7.52. The molecule has 1 unspecified atom stereocenters. The number of carbonyl (C=O) groups is 1. The number of aromatic nitrogens is 2. The molecule has 0 aliphatic heterocycles. The first-order valence-electron chi connectivity index (χ1n) is 8.26. The summed E-state index contributed by atoms with van der Waals surface area (Å²) in [4.78, 5) is 21.3. The molecule has 1 aromatic carbocycles. The molecule has 0 aliphatic rings. The quantitative estimate of drug-likeness (QED) is 0.509. The van der Waals surface area contributed by atoms with E-state index >= 15 is 0 Å². The van der Waals surface area contributed by atoms with Crippen LogP contribution in [0.3, 0.4) is 0 Å². The zero-order valence-corrected chi connectivity index (χ0v) is 14.5. The van der Waals surface area contributed by atoms with Crippen LogP contribution >= 0.6 is 11.6 Å². The van der Waals surface area contributed by atoms with Crippen molar-refractivity contribution in [3.05, 3.63) is 35.1 Å². The zero-order chi connectivity index (χ0) is 16.7. The van der Waals surface area contributed by atoms with Crippen molar-refractivity contribution in [2.45, 2.75) is 51.9 Å². The van der Waals surface area contributed by atoms with Gasteiger partial charge in [-0.05, 0) is 25.5 Å². The molecule has 124 valence electrons. The number of carbonyl (C=O) groups excluding carboxylic acids is 1. The number of hydrogen-bond acceptors (Lipinski definition) is 4. The van der Waals surface area contributed by atoms with Crippen LogP contribution in [-0.2, 0) is 9.53 Å². The highest BCUT2D eigenvalue weighted by Crippen LogP contribution is 2.29. The van der Waals surface area contributed by atoms with E-state index in [1.54, 1.807) is 6.92 Å². The predicted molar refractivity (Wildman–Crippen MR) is 92.7 cm³/mol. The van der Waals surface area contributed by atoms with Gasteiger partial charge in [0, 0.05) is 0 Å². The Kier molecular flexibility index (Phi) is 6.78. The molecular formula is C18H23ClN2O2. The van der Waals surface area contributed by atoms with Gasteiger partial charge in [0.1, 0.15) is 5.92 Å². The predicted octanol–water partition coefficient (Wildman–Crippen LogP) is 4.90. The molecule has 0 saturated heterocycles. The fraction of sp³-hybridized carbons (Fsp3) is 0.500. The van der Waals surface area contributed by atoms with Gasteiger partial charge in [-0.25, -0.2) is 9.97 Å². The summed E-state index contributed by atoms with van der Waals surface area (Å²) in [6.07, 6.45) is 5.03. The average Bonchev–Trinajstić information content (AvgIpc) is 2.55. The highest BCUT2D eigenvalue weighted by atomic mass is 35.5. The number of esters is 1. The molecule has 5 heteroatoms. The van der Waals surface area contributed by atoms with E-state index in [1.807, 2.05) is 24.3 Å². The molecular weight excluding hydrogens is 312 g/mol. The fourth-order valence-corrected chi connectivity index (χ4v) is 2.86. The van der Waals surface area contributed by atoms with Gasteiger partial charge < -0.3 is 4.74 Å². The summed E-state index contributed by atoms with van der Waals surface area (Å²) in [5.74, 6) is -0.716. The molecule has 0 spiro atoms. The van der Waals surface area contributed by atoms with Crippen LogP contribution in [0.4, 0.5) is 0 Å². The molecule has 0 bridgehead atoms. The van der Waals surface area contributed by atoms with Crippen LogP contribution in [0.2, 0.25) is 5.15 Å². The lowest BCUT2D eigenvalue weighted by atomic mass is 9.97. The van der Waals surface area contributed by atoms with Crippen molar-refractivity contribution in [3.63, 3.8) is 0 Å². The number of fused-ring (bicyclic) bond motifs is 1. The molecule has 0 N–H and O–H groups in total. The number of hydrogen-bond donors (Lipinski definition) is 0. The van der Waals surface area contributed by atoms with Crippen molar-refractivity contribution in [2.24, 2.45) is 0 Å². The van der Waals surface area contributed by atoms with Crippen LogP contribution in [0.15, 0.2) is 24.3 Å². The fourth-order valence-electron chi connectivity index (χ4n) is 2.60. The Hall–Kier alpha value is -1.68. The van der Waals surface area contributed by atoms with Crippen molar-refractivity contribution in [3.8, 4) is 0 Å². The van der Waals surface area contributed by atoms with Crippen molar-refractivity contribution in [2.75, 3.05) is 6.61 Å². The maximum Gasteiger partial charge on any atom is 0.315 e. The highest BCUT2D eigenvalue weighted by molar-refractivity contribution is 6.30. The molecule has 1 aromatic heterocycles. The van der Waals surface area contributed by atoms with Gasteiger partial charge in [0.05, 0.1) is 23.3 Å². The third-order valence-electron chi connectivity index (χ3n) is 3.80. The van der Waals surface area contributed by atoms with Crippen LogP contribution < -0.4 is 0 Å². The van der Waals surface area contributed by atoms with E-state index < -0.39 is 5.92 Å². The standard InChI is InChI=1S/C18H23ClN2O2/c1-3-5-6-7-10-13(18(22)23-4-2)16-17(19)21-15-12-9-8-11-14(15)20-16/h8-9,11-13H,3-7,10H2,1-2H3. The Bertz CT molecular complexity index is 661. The van der Waals surface area contributed by atoms with Crippen LogP contribution in [-0.4, -0.2) is 22.5 Å². The summed E-state index contributed by atoms with van der Waals surface area (Å²) >= 11 is 6.30. The number of benzene rings is 1. The molecule has 0 saturated carbocycles. The third kappa shape index (κ3) is 4.64. The molecule has 2 aromatic rings. The smallest absolute Gasteiger partial charge is 0.315 e. The van der Waals surface area contributed by atoms with Crippen molar-refractivity contribution >= 4 is 28.6 Å². The number of halogens is 1. The molecule has 2 rings (SSSR count). The lowest BCUT2D eigenvalue weighted by Crippen LogP contribution is -2.18. The largest absolute Gasteiger partial charge is 0.465 e. The van der Waals surface area contributed by atoms with E-state index in [0.29, 0.717) is 18.7 Å². The van der Waals surface area contributed by atoms with E-state index in [0.717, 1.165) is 36.7 Å². The number of ether oxygens (including phenoxy) is 1. The molecule has 0 amide bonds. The van der Waals surface area contributed by atoms with Gasteiger partial charge in [-0.15, -0.1) is 0 Å². The summed E-state index contributed by atoms with van der Waals surface area (Å²) in [6.45, 7) is 4.32. The van der Waals surface area contributed by atoms with Crippen LogP contribution in [0.1, 0.15) is 57.6 Å². The number of nitrogens with zero attached hydrogens (tertiary/aromatic N) is 2. The van der Waals surface area contributed by atoms with Gasteiger partial charge in [-0.3, -0.25) is 4.79 Å². The summed E-state index contributed by atoms with van der Waals surface area (Å²) in [5.41, 5.74) is 2.00. The second-order valence-corrected chi connectivity index (χ2v) is 5.90. The van der Waals surface area contributed by atoms with Crippen LogP contribution in [0.25, 0.3) is 11.0 Å². The maximum atomic E-state index is 12.3. The van der Waals surface area contributed by atoms with E-state index in [2.05, 4.69) is 16.9 Å². The van der Waals surface area contributed by atoms with Gasteiger partial charge in [0.2, 0.25) is 0 Å². The first kappa shape index (κ1) is 17.7. The minimum absolute atomic E-state index is 0.268. The molecule has 0 radical (unpaired) electrons. The van der Waals surface area contributed by atoms with Gasteiger partial charge in [-0.2, -0.15) is 0 Å². The zero-order valence-electron chi connectivity index (χ0n) is 13.7. The number of rotatable bonds is 8. The molecule has 0 fully saturated rings. The van der Waals surface area contributed by atoms with Gasteiger partial charge in [0.15, 0.2) is 5.15 Å². The van der Waals surface area contributed by atoms with Crippen LogP contribution in [0.5, 0.6) is 0 Å². The number of unbranched alkanes of at least 4 members (excludes halogenated alkanes) is 3. The van der Waals surface area contributed by atoms with E-state index in [-0.39, 0.29) is 11.1 Å². The first-order chi connectivity index (χ1) is 11.2. The highest BCUT2D eigenvalue weighted by Gasteiger charge is 2.26. The first-order valence-corrected chi connectivity index (χ1v) is 8.64. The lowest BCUT2D eigenvalue weighted by Gasteiger charge is -2.16. The number of para-hydroxylation sites is 2. The van der Waals surface area contributed by atoms with Crippen molar-refractivity contribution < 1.29 is 9.53 Å². The Balaban J connectivity index is 2.29. The average molecular weight is 335 g/mol. The molecule has 23 heavy (non-hydrogen) atoms. The van der Waals surface area contributed by atoms with Crippen molar-refractivity contribution in [1.82, 2.24) is 9.97 Å². The SMILES string of the molecule is CCCCCCC(C(=O)OCC)c1nc2ccccc2nc1Cl. The lowest BCUT2D eigenvalue weighted by molar-refractivity contribution is -0.145. The van der Waals surface area contributed by atoms with E-state index in [9.17, 15) is 4.79 Å². The third-order valence-corrected chi connectivity index (χ3v) is 4.08. The summed E-state index contributed by atoms with van der Waals surface area (Å²) < 4.78 is 5.22. The monoisotopic (exact) mass is 334 g/mol. The van der Waals surface area contributed by atoms with Crippen LogP contribution in [0, 0.1) is 0 Å². The Labute approximate surface area is 142 Å². The van der Waals surface area contributed by atoms with Gasteiger partial charge >= 0.3 is 5.97 Å². The summed E-state index contributed by atoms with van der Waals surface area (Å²) in [7, 11) is 0. The summed E-state index contributed by atoms with van der Waals surface area (Å²) in [5, 5.41) is 0.289.